The Hall–Kier alpha value is -2.89. The van der Waals surface area contributed by atoms with Crippen molar-refractivity contribution >= 4 is 11.9 Å². The molecule has 1 fully saturated rings. The van der Waals surface area contributed by atoms with E-state index in [9.17, 15) is 14.7 Å². The number of hydrogen-bond donors (Lipinski definition) is 1. The van der Waals surface area contributed by atoms with Crippen LogP contribution in [-0.4, -0.2) is 46.6 Å². The molecule has 6 heteroatoms. The lowest BCUT2D eigenvalue weighted by Gasteiger charge is -2.33. The third-order valence-electron chi connectivity index (χ3n) is 5.14. The van der Waals surface area contributed by atoms with Crippen molar-refractivity contribution in [3.63, 3.8) is 0 Å². The van der Waals surface area contributed by atoms with Crippen LogP contribution in [0.15, 0.2) is 36.4 Å². The maximum absolute atomic E-state index is 12.7. The predicted octanol–water partition coefficient (Wildman–Crippen LogP) is 3.44. The summed E-state index contributed by atoms with van der Waals surface area (Å²) < 4.78 is 5.76. The lowest BCUT2D eigenvalue weighted by Crippen LogP contribution is -2.41. The number of amides is 1. The minimum absolute atomic E-state index is 0.0143. The minimum atomic E-state index is -0.933. The second-order valence-electron chi connectivity index (χ2n) is 7.15. The number of hydrogen-bond acceptors (Lipinski definition) is 4. The Kier molecular flexibility index (Phi) is 6.29. The largest absolute Gasteiger partial charge is 0.482 e. The molecule has 28 heavy (non-hydrogen) atoms. The first-order chi connectivity index (χ1) is 13.5. The van der Waals surface area contributed by atoms with Gasteiger partial charge in [0.15, 0.2) is 6.61 Å². The van der Waals surface area contributed by atoms with Crippen LogP contribution in [0.5, 0.6) is 5.75 Å². The predicted molar refractivity (Wildman–Crippen MR) is 106 cm³/mol. The number of aromatic carboxylic acids is 1. The highest BCUT2D eigenvalue weighted by atomic mass is 16.5. The summed E-state index contributed by atoms with van der Waals surface area (Å²) in [5.74, 6) is -0.187. The number of carbonyl (C=O) groups is 2. The third-order valence-corrected chi connectivity index (χ3v) is 5.14. The van der Waals surface area contributed by atoms with Crippen LogP contribution in [0.25, 0.3) is 0 Å². The van der Waals surface area contributed by atoms with E-state index < -0.39 is 5.97 Å². The van der Waals surface area contributed by atoms with Gasteiger partial charge in [0.1, 0.15) is 5.75 Å². The topological polar surface area (TPSA) is 79.7 Å². The van der Waals surface area contributed by atoms with Gasteiger partial charge in [0.25, 0.3) is 5.91 Å². The first-order valence-corrected chi connectivity index (χ1v) is 9.68. The van der Waals surface area contributed by atoms with Crippen LogP contribution in [-0.2, 0) is 11.2 Å². The smallest absolute Gasteiger partial charge is 0.335 e. The van der Waals surface area contributed by atoms with Crippen molar-refractivity contribution in [1.82, 2.24) is 9.88 Å². The van der Waals surface area contributed by atoms with Crippen molar-refractivity contribution in [2.75, 3.05) is 19.7 Å². The van der Waals surface area contributed by atoms with Gasteiger partial charge in [-0.1, -0.05) is 19.1 Å². The Morgan fingerprint density at radius 3 is 2.86 bits per heavy atom. The van der Waals surface area contributed by atoms with Crippen molar-refractivity contribution in [2.45, 2.75) is 39.0 Å². The van der Waals surface area contributed by atoms with E-state index in [-0.39, 0.29) is 24.0 Å². The summed E-state index contributed by atoms with van der Waals surface area (Å²) in [5, 5.41) is 9.20. The quantitative estimate of drug-likeness (QED) is 0.828. The van der Waals surface area contributed by atoms with E-state index in [1.165, 1.54) is 0 Å². The van der Waals surface area contributed by atoms with Gasteiger partial charge < -0.3 is 14.7 Å². The molecule has 2 aromatic rings. The molecule has 0 bridgehead atoms. The molecule has 1 atom stereocenters. The molecule has 3 rings (SSSR count). The highest BCUT2D eigenvalue weighted by molar-refractivity contribution is 5.87. The first kappa shape index (κ1) is 19.9. The highest BCUT2D eigenvalue weighted by Gasteiger charge is 2.25. The van der Waals surface area contributed by atoms with E-state index in [1.807, 2.05) is 36.9 Å². The third kappa shape index (κ3) is 4.68. The minimum Gasteiger partial charge on any atom is -0.482 e. The van der Waals surface area contributed by atoms with Crippen molar-refractivity contribution in [2.24, 2.45) is 0 Å². The van der Waals surface area contributed by atoms with Crippen LogP contribution in [0.2, 0.25) is 0 Å². The molecule has 1 N–H and O–H groups in total. The van der Waals surface area contributed by atoms with Gasteiger partial charge >= 0.3 is 5.97 Å². The Morgan fingerprint density at radius 1 is 1.29 bits per heavy atom. The van der Waals surface area contributed by atoms with E-state index in [4.69, 9.17) is 4.74 Å². The highest BCUT2D eigenvalue weighted by Crippen LogP contribution is 2.28. The fraction of sp³-hybridized carbons (Fsp3) is 0.409. The number of carbonyl (C=O) groups excluding carboxylic acids is 1. The zero-order chi connectivity index (χ0) is 20.1. The van der Waals surface area contributed by atoms with Crippen LogP contribution < -0.4 is 4.74 Å². The maximum atomic E-state index is 12.7. The monoisotopic (exact) mass is 382 g/mol. The van der Waals surface area contributed by atoms with Gasteiger partial charge in [-0.3, -0.25) is 9.78 Å². The Labute approximate surface area is 165 Å². The molecule has 0 unspecified atom stereocenters. The summed E-state index contributed by atoms with van der Waals surface area (Å²) in [4.78, 5) is 30.2. The Balaban J connectivity index is 1.63. The zero-order valence-electron chi connectivity index (χ0n) is 16.4. The summed E-state index contributed by atoms with van der Waals surface area (Å²) >= 11 is 0. The van der Waals surface area contributed by atoms with Crippen LogP contribution in [0.3, 0.4) is 0 Å². The van der Waals surface area contributed by atoms with Gasteiger partial charge in [0.05, 0.1) is 11.3 Å². The van der Waals surface area contributed by atoms with Gasteiger partial charge in [0, 0.05) is 24.7 Å². The average molecular weight is 382 g/mol. The van der Waals surface area contributed by atoms with Gasteiger partial charge in [-0.2, -0.15) is 0 Å². The van der Waals surface area contributed by atoms with Crippen LogP contribution in [0, 0.1) is 6.92 Å². The van der Waals surface area contributed by atoms with Crippen LogP contribution >= 0.6 is 0 Å². The number of aryl methyl sites for hydroxylation is 2. The maximum Gasteiger partial charge on any atom is 0.335 e. The molecular weight excluding hydrogens is 356 g/mol. The first-order valence-electron chi connectivity index (χ1n) is 9.68. The molecule has 6 nitrogen and oxygen atoms in total. The molecule has 1 amide bonds. The van der Waals surface area contributed by atoms with E-state index in [0.717, 1.165) is 36.2 Å². The summed E-state index contributed by atoms with van der Waals surface area (Å²) in [6, 6.07) is 10.7. The Bertz CT molecular complexity index is 865. The van der Waals surface area contributed by atoms with Crippen LogP contribution in [0.1, 0.15) is 53.0 Å². The number of carboxylic acid groups (broad SMARTS) is 1. The normalized spacial score (nSPS) is 16.6. The molecule has 0 spiro atoms. The molecule has 0 aliphatic carbocycles. The molecule has 1 aromatic carbocycles. The van der Waals surface area contributed by atoms with Gasteiger partial charge in [-0.15, -0.1) is 0 Å². The lowest BCUT2D eigenvalue weighted by atomic mass is 9.89. The van der Waals surface area contributed by atoms with Crippen molar-refractivity contribution in [1.29, 1.82) is 0 Å². The van der Waals surface area contributed by atoms with E-state index in [2.05, 4.69) is 4.98 Å². The van der Waals surface area contributed by atoms with Gasteiger partial charge in [-0.05, 0) is 56.0 Å². The van der Waals surface area contributed by atoms with Crippen molar-refractivity contribution < 1.29 is 19.4 Å². The molecule has 1 aliphatic rings. The number of benzene rings is 1. The van der Waals surface area contributed by atoms with Crippen molar-refractivity contribution in [3.8, 4) is 5.75 Å². The van der Waals surface area contributed by atoms with Crippen molar-refractivity contribution in [3.05, 3.63) is 58.9 Å². The number of ether oxygens (including phenoxy) is 1. The van der Waals surface area contributed by atoms with E-state index in [0.29, 0.717) is 18.8 Å². The molecule has 1 aromatic heterocycles. The molecule has 1 saturated heterocycles. The SMILES string of the molecule is CCc1nc(C)ccc1OCC(=O)N1CCC[C@@H](c2cccc(C(=O)O)c2)C1. The molecule has 1 aliphatic heterocycles. The second kappa shape index (κ2) is 8.87. The molecule has 0 saturated carbocycles. The van der Waals surface area contributed by atoms with E-state index in [1.54, 1.807) is 18.2 Å². The molecule has 2 heterocycles. The van der Waals surface area contributed by atoms with Gasteiger partial charge in [0.2, 0.25) is 0 Å². The fourth-order valence-electron chi connectivity index (χ4n) is 3.61. The summed E-state index contributed by atoms with van der Waals surface area (Å²) in [5.41, 5.74) is 3.03. The summed E-state index contributed by atoms with van der Waals surface area (Å²) in [7, 11) is 0. The summed E-state index contributed by atoms with van der Waals surface area (Å²) in [6.45, 7) is 5.21. The average Bonchev–Trinajstić information content (AvgIpc) is 2.72. The lowest BCUT2D eigenvalue weighted by molar-refractivity contribution is -0.134. The zero-order valence-corrected chi connectivity index (χ0v) is 16.4. The number of likely N-dealkylation sites (tertiary alicyclic amines) is 1. The number of pyridine rings is 1. The molecule has 148 valence electrons. The van der Waals surface area contributed by atoms with Gasteiger partial charge in [-0.25, -0.2) is 4.79 Å². The van der Waals surface area contributed by atoms with E-state index >= 15 is 0 Å². The summed E-state index contributed by atoms with van der Waals surface area (Å²) in [6.07, 6.45) is 2.58. The standard InChI is InChI=1S/C22H26N2O4/c1-3-19-20(10-9-15(2)23-19)28-14-21(25)24-11-5-8-18(13-24)16-6-4-7-17(12-16)22(26)27/h4,6-7,9-10,12,18H,3,5,8,11,13-14H2,1-2H3,(H,26,27)/t18-/m1/s1. The van der Waals surface area contributed by atoms with Crippen LogP contribution in [0.4, 0.5) is 0 Å². The Morgan fingerprint density at radius 2 is 2.11 bits per heavy atom. The number of piperidine rings is 1. The number of nitrogens with zero attached hydrogens (tertiary/aromatic N) is 2. The number of rotatable bonds is 6. The molecule has 0 radical (unpaired) electrons. The molecular formula is C22H26N2O4. The number of aromatic nitrogens is 1. The number of carboxylic acids is 1. The second-order valence-corrected chi connectivity index (χ2v) is 7.15. The fourth-order valence-corrected chi connectivity index (χ4v) is 3.61.